The van der Waals surface area contributed by atoms with E-state index < -0.39 is 41.3 Å². The zero-order valence-electron chi connectivity index (χ0n) is 26.1. The smallest absolute Gasteiger partial charge is 0.416 e. The van der Waals surface area contributed by atoms with E-state index in [-0.39, 0.29) is 56.0 Å². The molecule has 0 saturated heterocycles. The number of carbonyl (C=O) groups excluding carboxylic acids is 2. The summed E-state index contributed by atoms with van der Waals surface area (Å²) in [4.78, 5) is 54.9. The summed E-state index contributed by atoms with van der Waals surface area (Å²) >= 11 is 11.7. The first-order valence-electron chi connectivity index (χ1n) is 14.2. The first-order valence-corrected chi connectivity index (χ1v) is 15.0. The lowest BCUT2D eigenvalue weighted by Gasteiger charge is -2.21. The molecule has 1 aliphatic rings. The highest BCUT2D eigenvalue weighted by atomic mass is 35.5. The van der Waals surface area contributed by atoms with Crippen molar-refractivity contribution in [3.05, 3.63) is 86.7 Å². The van der Waals surface area contributed by atoms with E-state index in [0.29, 0.717) is 12.5 Å². The van der Waals surface area contributed by atoms with Gasteiger partial charge < -0.3 is 25.0 Å². The molecule has 2 aromatic carbocycles. The summed E-state index contributed by atoms with van der Waals surface area (Å²) in [6.45, 7) is 8.62. The van der Waals surface area contributed by atoms with E-state index in [4.69, 9.17) is 37.8 Å². The van der Waals surface area contributed by atoms with Gasteiger partial charge in [-0.1, -0.05) is 44.0 Å². The van der Waals surface area contributed by atoms with Crippen LogP contribution in [0.15, 0.2) is 53.7 Å². The molecule has 256 valence electrons. The third-order valence-corrected chi connectivity index (χ3v) is 7.87. The number of benzene rings is 2. The van der Waals surface area contributed by atoms with Crippen LogP contribution in [0.25, 0.3) is 0 Å². The number of aliphatic imine (C=N–C) groups is 1. The van der Waals surface area contributed by atoms with Gasteiger partial charge in [0.05, 0.1) is 26.7 Å². The molecule has 1 unspecified atom stereocenters. The number of alkyl halides is 3. The van der Waals surface area contributed by atoms with E-state index in [1.54, 1.807) is 19.2 Å². The molecule has 0 bridgehead atoms. The summed E-state index contributed by atoms with van der Waals surface area (Å²) < 4.78 is 48.1. The minimum absolute atomic E-state index is 0.00167. The Morgan fingerprint density at radius 3 is 2.19 bits per heavy atom. The molecule has 2 heterocycles. The molecular formula is C32H30Cl2F3N3O8. The zero-order valence-corrected chi connectivity index (χ0v) is 27.6. The summed E-state index contributed by atoms with van der Waals surface area (Å²) in [5.41, 5.74) is -0.921. The van der Waals surface area contributed by atoms with Crippen molar-refractivity contribution in [2.45, 2.75) is 58.9 Å². The number of hydrogen-bond acceptors (Lipinski definition) is 8. The maximum Gasteiger partial charge on any atom is 0.416 e. The van der Waals surface area contributed by atoms with Crippen LogP contribution in [0.4, 0.5) is 13.2 Å². The standard InChI is InChI=1S/C17H11Cl2F3O5.C15H19N3O3/c1-8(15(23)24)26-16(25)11-7-10(3-4-12(11)18)27-14-5-2-9(6-13(14)19)17(20,21)22;1-5-9-6-10(13(19)20)11(16-7-9)12-17-14(21)15(4,18-12)8(2)3/h2-8H,1H3,(H,23,24);6-8H,5H2,1-4H3,(H,19,20)(H,17,18,21)/t8-;/m0./s1. The Morgan fingerprint density at radius 1 is 1.00 bits per heavy atom. The molecule has 1 amide bonds. The number of carboxylic acid groups (broad SMARTS) is 2. The number of rotatable bonds is 9. The Labute approximate surface area is 282 Å². The molecule has 0 aliphatic carbocycles. The monoisotopic (exact) mass is 711 g/mol. The number of hydrogen-bond donors (Lipinski definition) is 3. The van der Waals surface area contributed by atoms with Crippen LogP contribution in [0.1, 0.15) is 72.2 Å². The highest BCUT2D eigenvalue weighted by molar-refractivity contribution is 6.33. The number of esters is 1. The van der Waals surface area contributed by atoms with Crippen LogP contribution >= 0.6 is 23.2 Å². The summed E-state index contributed by atoms with van der Waals surface area (Å²) in [5, 5.41) is 20.5. The molecule has 48 heavy (non-hydrogen) atoms. The van der Waals surface area contributed by atoms with Gasteiger partial charge in [0.15, 0.2) is 11.9 Å². The second-order valence-corrected chi connectivity index (χ2v) is 11.7. The number of nitrogens with zero attached hydrogens (tertiary/aromatic N) is 2. The van der Waals surface area contributed by atoms with Crippen molar-refractivity contribution in [3.63, 3.8) is 0 Å². The van der Waals surface area contributed by atoms with Crippen LogP contribution in [0.5, 0.6) is 11.5 Å². The molecular weight excluding hydrogens is 682 g/mol. The Balaban J connectivity index is 0.000000269. The van der Waals surface area contributed by atoms with Crippen molar-refractivity contribution in [1.82, 2.24) is 10.3 Å². The van der Waals surface area contributed by atoms with Gasteiger partial charge in [0.25, 0.3) is 5.91 Å². The fraction of sp³-hybridized carbons (Fsp3) is 0.312. The average molecular weight is 713 g/mol. The largest absolute Gasteiger partial charge is 0.479 e. The topological polar surface area (TPSA) is 164 Å². The summed E-state index contributed by atoms with van der Waals surface area (Å²) in [5.74, 6) is -3.47. The highest BCUT2D eigenvalue weighted by Gasteiger charge is 2.43. The average Bonchev–Trinajstić information content (AvgIpc) is 3.33. The zero-order chi connectivity index (χ0) is 36.1. The molecule has 1 aliphatic heterocycles. The van der Waals surface area contributed by atoms with Gasteiger partial charge in [-0.05, 0) is 74.2 Å². The molecule has 2 atom stereocenters. The van der Waals surface area contributed by atoms with Crippen LogP contribution in [0.3, 0.4) is 0 Å². The Kier molecular flexibility index (Phi) is 11.8. The number of aromatic nitrogens is 1. The minimum Gasteiger partial charge on any atom is -0.479 e. The van der Waals surface area contributed by atoms with Crippen molar-refractivity contribution in [2.24, 2.45) is 10.9 Å². The van der Waals surface area contributed by atoms with Crippen LogP contribution in [0, 0.1) is 5.92 Å². The SMILES string of the molecule is CCc1cnc(C2=NC(C)(C(C)C)C(=O)N2)c(C(=O)O)c1.C[C@H](OC(=O)c1cc(Oc2ccc(C(F)(F)F)cc2Cl)ccc1Cl)C(=O)O. The van der Waals surface area contributed by atoms with Crippen LogP contribution in [-0.4, -0.2) is 56.5 Å². The normalized spacial score (nSPS) is 16.3. The van der Waals surface area contributed by atoms with Gasteiger partial charge in [0.2, 0.25) is 0 Å². The third-order valence-electron chi connectivity index (χ3n) is 7.24. The molecule has 0 saturated carbocycles. The van der Waals surface area contributed by atoms with E-state index in [1.165, 1.54) is 12.1 Å². The maximum absolute atomic E-state index is 12.7. The van der Waals surface area contributed by atoms with E-state index >= 15 is 0 Å². The second kappa shape index (κ2) is 15.0. The summed E-state index contributed by atoms with van der Waals surface area (Å²) in [6, 6.07) is 7.91. The number of ether oxygens (including phenoxy) is 2. The molecule has 3 N–H and O–H groups in total. The van der Waals surface area contributed by atoms with Gasteiger partial charge in [0.1, 0.15) is 22.7 Å². The summed E-state index contributed by atoms with van der Waals surface area (Å²) in [7, 11) is 0. The number of aliphatic carboxylic acids is 1. The number of aromatic carboxylic acids is 1. The van der Waals surface area contributed by atoms with E-state index in [2.05, 4.69) is 15.3 Å². The quantitative estimate of drug-likeness (QED) is 0.197. The first kappa shape index (κ1) is 37.8. The first-order chi connectivity index (χ1) is 22.3. The number of amidine groups is 1. The van der Waals surface area contributed by atoms with Crippen molar-refractivity contribution in [3.8, 4) is 11.5 Å². The number of nitrogens with one attached hydrogen (secondary N) is 1. The fourth-order valence-electron chi connectivity index (χ4n) is 3.99. The van der Waals surface area contributed by atoms with E-state index in [9.17, 15) is 37.5 Å². The van der Waals surface area contributed by atoms with Gasteiger partial charge in [-0.2, -0.15) is 13.2 Å². The molecule has 0 fully saturated rings. The number of pyridine rings is 1. The lowest BCUT2D eigenvalue weighted by atomic mass is 9.89. The van der Waals surface area contributed by atoms with Crippen molar-refractivity contribution < 1.29 is 52.0 Å². The Hall–Kier alpha value is -4.69. The van der Waals surface area contributed by atoms with Crippen LogP contribution < -0.4 is 10.1 Å². The number of carbonyl (C=O) groups is 4. The highest BCUT2D eigenvalue weighted by Crippen LogP contribution is 2.37. The molecule has 0 radical (unpaired) electrons. The Morgan fingerprint density at radius 2 is 1.67 bits per heavy atom. The third kappa shape index (κ3) is 8.81. The Bertz CT molecular complexity index is 1780. The lowest BCUT2D eigenvalue weighted by molar-refractivity contribution is -0.146. The van der Waals surface area contributed by atoms with Gasteiger partial charge in [0, 0.05) is 6.20 Å². The molecule has 1 aromatic heterocycles. The molecule has 4 rings (SSSR count). The van der Waals surface area contributed by atoms with Gasteiger partial charge >= 0.3 is 24.1 Å². The molecule has 3 aromatic rings. The predicted octanol–water partition coefficient (Wildman–Crippen LogP) is 7.07. The van der Waals surface area contributed by atoms with Gasteiger partial charge in [-0.25, -0.2) is 19.4 Å². The number of halogens is 5. The molecule has 0 spiro atoms. The maximum atomic E-state index is 12.7. The van der Waals surface area contributed by atoms with Gasteiger partial charge in [-0.15, -0.1) is 0 Å². The number of carboxylic acids is 2. The van der Waals surface area contributed by atoms with Gasteiger partial charge in [-0.3, -0.25) is 9.78 Å². The number of aryl methyl sites for hydroxylation is 1. The molecule has 16 heteroatoms. The molecule has 11 nitrogen and oxygen atoms in total. The lowest BCUT2D eigenvalue weighted by Crippen LogP contribution is -2.41. The fourth-order valence-corrected chi connectivity index (χ4v) is 4.40. The van der Waals surface area contributed by atoms with E-state index in [0.717, 1.165) is 30.7 Å². The van der Waals surface area contributed by atoms with E-state index in [1.807, 2.05) is 20.8 Å². The number of amides is 1. The van der Waals surface area contributed by atoms with Crippen molar-refractivity contribution in [1.29, 1.82) is 0 Å². The van der Waals surface area contributed by atoms with Crippen LogP contribution in [-0.2, 0) is 26.9 Å². The van der Waals surface area contributed by atoms with Crippen molar-refractivity contribution in [2.75, 3.05) is 0 Å². The minimum atomic E-state index is -4.56. The summed E-state index contributed by atoms with van der Waals surface area (Å²) in [6.07, 6.45) is -3.65. The second-order valence-electron chi connectivity index (χ2n) is 10.9. The van der Waals surface area contributed by atoms with Crippen LogP contribution in [0.2, 0.25) is 10.0 Å². The predicted molar refractivity (Wildman–Crippen MR) is 169 cm³/mol. The van der Waals surface area contributed by atoms with Crippen molar-refractivity contribution >= 4 is 52.9 Å².